The molecular weight excluding hydrogens is 297 g/mol. The van der Waals surface area contributed by atoms with Crippen LogP contribution in [0.4, 0.5) is 9.41 Å². The van der Waals surface area contributed by atoms with Crippen LogP contribution in [0.3, 0.4) is 0 Å². The van der Waals surface area contributed by atoms with E-state index in [2.05, 4.69) is 33.8 Å². The molecule has 0 radical (unpaired) electrons. The van der Waals surface area contributed by atoms with Gasteiger partial charge in [0, 0.05) is 26.2 Å². The van der Waals surface area contributed by atoms with Crippen LogP contribution >= 0.6 is 0 Å². The Labute approximate surface area is 123 Å². The Balaban J connectivity index is 0. The van der Waals surface area contributed by atoms with E-state index in [-0.39, 0.29) is 41.0 Å². The first-order valence-corrected chi connectivity index (χ1v) is 5.86. The molecule has 3 heteroatoms. The fraction of sp³-hybridized carbons (Fsp3) is 0.714. The minimum absolute atomic E-state index is 0. The van der Waals surface area contributed by atoms with Crippen LogP contribution in [-0.2, 0) is 26.2 Å². The summed E-state index contributed by atoms with van der Waals surface area (Å²) in [6.07, 6.45) is 9.37. The van der Waals surface area contributed by atoms with Crippen molar-refractivity contribution in [1.82, 2.24) is 0 Å². The van der Waals surface area contributed by atoms with Crippen molar-refractivity contribution in [2.45, 2.75) is 53.4 Å². The average Bonchev–Trinajstić information content (AvgIpc) is 2.73. The summed E-state index contributed by atoms with van der Waals surface area (Å²) in [6, 6.07) is 0. The van der Waals surface area contributed by atoms with E-state index in [0.29, 0.717) is 0 Å². The number of hydrogen-bond acceptors (Lipinski definition) is 0. The predicted molar refractivity (Wildman–Crippen MR) is 65.9 cm³/mol. The van der Waals surface area contributed by atoms with Gasteiger partial charge >= 0.3 is 0 Å². The van der Waals surface area contributed by atoms with Gasteiger partial charge in [-0.3, -0.25) is 15.5 Å². The standard InChI is InChI=1S/C14H21.2FH.Zr/c1-10-9-14(4,12(3)11(10)2)13-7-5-6-8-13;;;/h13H,5-8H2,1-4H3;2*1H;/q-1;;;. The topological polar surface area (TPSA) is 0 Å². The molecule has 0 nitrogen and oxygen atoms in total. The monoisotopic (exact) mass is 319 g/mol. The third kappa shape index (κ3) is 3.16. The van der Waals surface area contributed by atoms with Gasteiger partial charge < -0.3 is 0 Å². The molecule has 0 aromatic rings. The molecule has 2 rings (SSSR count). The molecule has 0 saturated heterocycles. The zero-order chi connectivity index (χ0) is 10.3. The van der Waals surface area contributed by atoms with Crippen LogP contribution in [0.2, 0.25) is 0 Å². The molecule has 1 saturated carbocycles. The first-order valence-electron chi connectivity index (χ1n) is 5.86. The van der Waals surface area contributed by atoms with Crippen molar-refractivity contribution in [2.75, 3.05) is 0 Å². The van der Waals surface area contributed by atoms with Gasteiger partial charge in [-0.15, -0.1) is 6.92 Å². The van der Waals surface area contributed by atoms with Gasteiger partial charge in [0.15, 0.2) is 0 Å². The van der Waals surface area contributed by atoms with Crippen LogP contribution in [0.25, 0.3) is 0 Å². The van der Waals surface area contributed by atoms with Crippen LogP contribution in [-0.4, -0.2) is 0 Å². The minimum atomic E-state index is 0. The Hall–Kier alpha value is 0.223. The Kier molecular flexibility index (Phi) is 8.02. The molecule has 0 N–H and O–H groups in total. The molecule has 1 unspecified atom stereocenters. The minimum Gasteiger partial charge on any atom is -0.269 e. The van der Waals surface area contributed by atoms with Gasteiger partial charge in [0.25, 0.3) is 0 Å². The molecule has 0 aromatic carbocycles. The van der Waals surface area contributed by atoms with Crippen molar-refractivity contribution in [3.63, 3.8) is 0 Å². The second-order valence-corrected chi connectivity index (χ2v) is 5.18. The molecule has 17 heavy (non-hydrogen) atoms. The maximum atomic E-state index is 3.71. The third-order valence-corrected chi connectivity index (χ3v) is 4.52. The number of hydrogen-bond donors (Lipinski definition) is 0. The maximum absolute atomic E-state index is 3.71. The normalized spacial score (nSPS) is 28.1. The Morgan fingerprint density at radius 1 is 1.06 bits per heavy atom. The summed E-state index contributed by atoms with van der Waals surface area (Å²) in [7, 11) is 0. The van der Waals surface area contributed by atoms with Crippen molar-refractivity contribution in [3.05, 3.63) is 22.8 Å². The molecule has 0 spiro atoms. The van der Waals surface area contributed by atoms with E-state index in [4.69, 9.17) is 0 Å². The van der Waals surface area contributed by atoms with E-state index in [1.807, 2.05) is 0 Å². The molecule has 0 aliphatic heterocycles. The quantitative estimate of drug-likeness (QED) is 0.620. The first-order chi connectivity index (χ1) is 6.55. The summed E-state index contributed by atoms with van der Waals surface area (Å²) >= 11 is 0. The average molecular weight is 321 g/mol. The second kappa shape index (κ2) is 6.97. The fourth-order valence-electron chi connectivity index (χ4n) is 3.16. The molecule has 1 atom stereocenters. The summed E-state index contributed by atoms with van der Waals surface area (Å²) in [5.74, 6) is 0.856. The van der Waals surface area contributed by atoms with Crippen molar-refractivity contribution in [2.24, 2.45) is 11.3 Å². The van der Waals surface area contributed by atoms with E-state index in [9.17, 15) is 0 Å². The molecule has 2 aliphatic rings. The van der Waals surface area contributed by atoms with E-state index in [1.165, 1.54) is 36.8 Å². The number of allylic oxidation sites excluding steroid dienone is 4. The van der Waals surface area contributed by atoms with Gasteiger partial charge in [0.2, 0.25) is 0 Å². The van der Waals surface area contributed by atoms with Crippen LogP contribution < -0.4 is 0 Å². The molecule has 98 valence electrons. The predicted octanol–water partition coefficient (Wildman–Crippen LogP) is 4.58. The zero-order valence-corrected chi connectivity index (χ0v) is 13.7. The van der Waals surface area contributed by atoms with Gasteiger partial charge in [-0.1, -0.05) is 51.9 Å². The number of rotatable bonds is 1. The molecular formula is C14H23F2Zr-. The maximum Gasteiger partial charge on any atom is 0 e. The van der Waals surface area contributed by atoms with Crippen LogP contribution in [0.15, 0.2) is 16.7 Å². The van der Waals surface area contributed by atoms with Gasteiger partial charge in [0.05, 0.1) is 0 Å². The Bertz CT molecular complexity index is 314. The SMILES string of the molecule is CC1=[C-]C(C)(C2CCCC2)C(C)=C1C.F.F.[Zr]. The van der Waals surface area contributed by atoms with Gasteiger partial charge in [-0.2, -0.15) is 11.1 Å². The second-order valence-electron chi connectivity index (χ2n) is 5.18. The van der Waals surface area contributed by atoms with E-state index in [1.54, 1.807) is 5.57 Å². The summed E-state index contributed by atoms with van der Waals surface area (Å²) in [5.41, 5.74) is 4.71. The summed E-state index contributed by atoms with van der Waals surface area (Å²) in [5, 5.41) is 0. The van der Waals surface area contributed by atoms with Crippen molar-refractivity contribution in [1.29, 1.82) is 0 Å². The van der Waals surface area contributed by atoms with Crippen LogP contribution in [0.1, 0.15) is 53.4 Å². The van der Waals surface area contributed by atoms with Crippen molar-refractivity contribution < 1.29 is 35.6 Å². The van der Waals surface area contributed by atoms with Crippen molar-refractivity contribution >= 4 is 0 Å². The molecule has 0 heterocycles. The van der Waals surface area contributed by atoms with E-state index >= 15 is 0 Å². The van der Waals surface area contributed by atoms with E-state index < -0.39 is 0 Å². The molecule has 0 aromatic heterocycles. The Morgan fingerprint density at radius 3 is 1.88 bits per heavy atom. The van der Waals surface area contributed by atoms with Gasteiger partial charge in [-0.25, -0.2) is 5.57 Å². The molecule has 0 amide bonds. The molecule has 0 bridgehead atoms. The molecule has 2 aliphatic carbocycles. The summed E-state index contributed by atoms with van der Waals surface area (Å²) in [4.78, 5) is 0. The fourth-order valence-corrected chi connectivity index (χ4v) is 3.16. The third-order valence-electron chi connectivity index (χ3n) is 4.52. The summed E-state index contributed by atoms with van der Waals surface area (Å²) in [6.45, 7) is 9.15. The number of halogens is 2. The van der Waals surface area contributed by atoms with Crippen molar-refractivity contribution in [3.8, 4) is 0 Å². The van der Waals surface area contributed by atoms with Gasteiger partial charge in [0.1, 0.15) is 0 Å². The van der Waals surface area contributed by atoms with E-state index in [0.717, 1.165) is 5.92 Å². The van der Waals surface area contributed by atoms with Crippen LogP contribution in [0, 0.1) is 17.4 Å². The Morgan fingerprint density at radius 2 is 1.53 bits per heavy atom. The molecule has 1 fully saturated rings. The zero-order valence-electron chi connectivity index (χ0n) is 11.2. The summed E-state index contributed by atoms with van der Waals surface area (Å²) < 4.78 is 0. The largest absolute Gasteiger partial charge is 0.269 e. The van der Waals surface area contributed by atoms with Crippen LogP contribution in [0.5, 0.6) is 0 Å². The smallest absolute Gasteiger partial charge is 0 e. The first kappa shape index (κ1) is 19.6. The van der Waals surface area contributed by atoms with Gasteiger partial charge in [-0.05, 0) is 5.92 Å².